The van der Waals surface area contributed by atoms with Gasteiger partial charge in [-0.3, -0.25) is 4.98 Å². The summed E-state index contributed by atoms with van der Waals surface area (Å²) >= 11 is 16.0. The number of nitrogens with one attached hydrogen (secondary N) is 1. The highest BCUT2D eigenvalue weighted by Gasteiger charge is 2.50. The van der Waals surface area contributed by atoms with Crippen molar-refractivity contribution >= 4 is 65.7 Å². The van der Waals surface area contributed by atoms with Gasteiger partial charge in [0.05, 0.1) is 5.52 Å². The molecule has 2 heterocycles. The summed E-state index contributed by atoms with van der Waals surface area (Å²) in [5.41, 5.74) is -0.801. The molecule has 0 radical (unpaired) electrons. The van der Waals surface area contributed by atoms with Gasteiger partial charge in [-0.15, -0.1) is 0 Å². The number of fused-ring (bicyclic) bond motifs is 1. The summed E-state index contributed by atoms with van der Waals surface area (Å²) in [6, 6.07) is 21.0. The number of alkyl halides is 3. The molecule has 1 saturated heterocycles. The number of anilines is 1. The molecule has 0 unspecified atom stereocenters. The first-order valence-electron chi connectivity index (χ1n) is 12.4. The van der Waals surface area contributed by atoms with Crippen molar-refractivity contribution in [2.75, 3.05) is 18.4 Å². The van der Waals surface area contributed by atoms with Crippen molar-refractivity contribution in [2.24, 2.45) is 0 Å². The molecule has 4 aromatic rings. The van der Waals surface area contributed by atoms with Crippen molar-refractivity contribution in [2.45, 2.75) is 30.3 Å². The van der Waals surface area contributed by atoms with Gasteiger partial charge in [0.25, 0.3) is 0 Å². The molecule has 1 N–H and O–H groups in total. The second-order valence-corrected chi connectivity index (χ2v) is 13.2. The van der Waals surface area contributed by atoms with Gasteiger partial charge >= 0.3 is 15.5 Å². The van der Waals surface area contributed by atoms with Crippen LogP contribution in [0, 0.1) is 0 Å². The minimum atomic E-state index is -5.34. The molecule has 210 valence electrons. The van der Waals surface area contributed by atoms with E-state index in [4.69, 9.17) is 23.2 Å². The molecule has 0 bridgehead atoms. The Kier molecular flexibility index (Phi) is 8.37. The molecule has 40 heavy (non-hydrogen) atoms. The van der Waals surface area contributed by atoms with Crippen LogP contribution >= 0.6 is 39.1 Å². The molecule has 3 aromatic carbocycles. The first kappa shape index (κ1) is 29.1. The molecule has 1 aromatic heterocycles. The Morgan fingerprint density at radius 2 is 1.45 bits per heavy atom. The number of pyridine rings is 1. The number of hydrogen-bond donors (Lipinski definition) is 1. The number of rotatable bonds is 6. The third kappa shape index (κ3) is 5.97. The lowest BCUT2D eigenvalue weighted by Gasteiger charge is -2.32. The highest BCUT2D eigenvalue weighted by Crippen LogP contribution is 2.39. The van der Waals surface area contributed by atoms with Crippen LogP contribution in [0.3, 0.4) is 0 Å². The molecule has 0 atom stereocenters. The standard InChI is InChI=1S/C28H23BrCl2F3N3O2S/c29-24-16-19(26(17-1-5-20(30)6-2-17)18-3-7-21(31)8-4-18)15-23-25(9-12-35-27(23)24)36-22-10-13-37(14-11-22)40(38,39)28(32,33)34/h1-9,12,15-16,22,26H,10-11,13-14H2,(H,35,36). The van der Waals surface area contributed by atoms with Crippen molar-refractivity contribution in [1.82, 2.24) is 9.29 Å². The predicted octanol–water partition coefficient (Wildman–Crippen LogP) is 8.21. The Labute approximate surface area is 248 Å². The molecule has 0 aliphatic carbocycles. The molecule has 1 aliphatic rings. The fourth-order valence-electron chi connectivity index (χ4n) is 5.02. The summed E-state index contributed by atoms with van der Waals surface area (Å²) in [5.74, 6) is -0.154. The molecule has 1 aliphatic heterocycles. The van der Waals surface area contributed by atoms with Crippen molar-refractivity contribution < 1.29 is 21.6 Å². The normalized spacial score (nSPS) is 15.6. The lowest BCUT2D eigenvalue weighted by molar-refractivity contribution is -0.0494. The monoisotopic (exact) mass is 671 g/mol. The van der Waals surface area contributed by atoms with Gasteiger partial charge < -0.3 is 5.32 Å². The van der Waals surface area contributed by atoms with Gasteiger partial charge in [0.15, 0.2) is 0 Å². The molecule has 0 amide bonds. The second-order valence-electron chi connectivity index (χ2n) is 9.56. The quantitative estimate of drug-likeness (QED) is 0.210. The number of nitrogens with zero attached hydrogens (tertiary/aromatic N) is 2. The average Bonchev–Trinajstić information content (AvgIpc) is 2.91. The summed E-state index contributed by atoms with van der Waals surface area (Å²) in [4.78, 5) is 4.54. The van der Waals surface area contributed by atoms with E-state index in [0.29, 0.717) is 14.4 Å². The van der Waals surface area contributed by atoms with Gasteiger partial charge in [-0.25, -0.2) is 8.42 Å². The van der Waals surface area contributed by atoms with Gasteiger partial charge in [0.2, 0.25) is 0 Å². The minimum absolute atomic E-state index is 0.154. The van der Waals surface area contributed by atoms with Gasteiger partial charge in [0.1, 0.15) is 0 Å². The molecule has 1 fully saturated rings. The van der Waals surface area contributed by atoms with E-state index in [0.717, 1.165) is 37.8 Å². The first-order chi connectivity index (χ1) is 18.9. The summed E-state index contributed by atoms with van der Waals surface area (Å²) < 4.78 is 63.9. The lowest BCUT2D eigenvalue weighted by Crippen LogP contribution is -2.47. The Morgan fingerprint density at radius 1 is 0.900 bits per heavy atom. The fourth-order valence-corrected chi connectivity index (χ4v) is 6.84. The maximum atomic E-state index is 13.0. The second kappa shape index (κ2) is 11.5. The van der Waals surface area contributed by atoms with E-state index in [-0.39, 0.29) is 37.9 Å². The fraction of sp³-hybridized carbons (Fsp3) is 0.250. The van der Waals surface area contributed by atoms with E-state index < -0.39 is 15.5 Å². The van der Waals surface area contributed by atoms with Crippen LogP contribution in [-0.4, -0.2) is 42.3 Å². The summed E-state index contributed by atoms with van der Waals surface area (Å²) in [6.07, 6.45) is 2.13. The zero-order chi connectivity index (χ0) is 28.7. The van der Waals surface area contributed by atoms with Crippen molar-refractivity contribution in [3.8, 4) is 0 Å². The number of aromatic nitrogens is 1. The van der Waals surface area contributed by atoms with Crippen LogP contribution in [-0.2, 0) is 10.0 Å². The molecular weight excluding hydrogens is 650 g/mol. The Morgan fingerprint density at radius 3 is 1.98 bits per heavy atom. The smallest absolute Gasteiger partial charge is 0.382 e. The van der Waals surface area contributed by atoms with Gasteiger partial charge in [-0.2, -0.15) is 17.5 Å². The largest absolute Gasteiger partial charge is 0.511 e. The number of benzene rings is 3. The van der Waals surface area contributed by atoms with Crippen LogP contribution in [0.5, 0.6) is 0 Å². The van der Waals surface area contributed by atoms with E-state index in [2.05, 4.69) is 26.2 Å². The van der Waals surface area contributed by atoms with E-state index in [1.807, 2.05) is 66.7 Å². The van der Waals surface area contributed by atoms with Crippen LogP contribution in [0.25, 0.3) is 10.9 Å². The molecule has 5 rings (SSSR count). The topological polar surface area (TPSA) is 62.3 Å². The van der Waals surface area contributed by atoms with Crippen LogP contribution in [0.4, 0.5) is 18.9 Å². The number of piperidine rings is 1. The van der Waals surface area contributed by atoms with Crippen LogP contribution < -0.4 is 5.32 Å². The predicted molar refractivity (Wildman–Crippen MR) is 156 cm³/mol. The summed E-state index contributed by atoms with van der Waals surface area (Å²) in [6.45, 7) is -0.431. The molecular formula is C28H23BrCl2F3N3O2S. The SMILES string of the molecule is O=S(=O)(N1CCC(Nc2ccnc3c(Br)cc(C(c4ccc(Cl)cc4)c4ccc(Cl)cc4)cc23)CC1)C(F)(F)F. The van der Waals surface area contributed by atoms with Crippen molar-refractivity contribution in [3.05, 3.63) is 104 Å². The lowest BCUT2D eigenvalue weighted by atomic mass is 9.84. The van der Waals surface area contributed by atoms with Gasteiger partial charge in [-0.1, -0.05) is 47.5 Å². The molecule has 12 heteroatoms. The van der Waals surface area contributed by atoms with Crippen molar-refractivity contribution in [1.29, 1.82) is 0 Å². The maximum Gasteiger partial charge on any atom is 0.511 e. The molecule has 0 saturated carbocycles. The maximum absolute atomic E-state index is 13.0. The van der Waals surface area contributed by atoms with Crippen molar-refractivity contribution in [3.63, 3.8) is 0 Å². The zero-order valence-corrected chi connectivity index (χ0v) is 24.7. The van der Waals surface area contributed by atoms with E-state index >= 15 is 0 Å². The minimum Gasteiger partial charge on any atom is -0.382 e. The summed E-state index contributed by atoms with van der Waals surface area (Å²) in [7, 11) is -5.34. The number of halogens is 6. The van der Waals surface area contributed by atoms with Gasteiger partial charge in [-0.05, 0) is 87.9 Å². The highest BCUT2D eigenvalue weighted by molar-refractivity contribution is 9.10. The average molecular weight is 673 g/mol. The number of sulfonamides is 1. The van der Waals surface area contributed by atoms with Crippen LogP contribution in [0.15, 0.2) is 77.4 Å². The first-order valence-corrected chi connectivity index (χ1v) is 15.3. The van der Waals surface area contributed by atoms with E-state index in [1.54, 1.807) is 6.20 Å². The van der Waals surface area contributed by atoms with Gasteiger partial charge in [0, 0.05) is 56.8 Å². The summed E-state index contributed by atoms with van der Waals surface area (Å²) in [5, 5.41) is 5.50. The third-order valence-electron chi connectivity index (χ3n) is 7.01. The Bertz CT molecular complexity index is 1580. The van der Waals surface area contributed by atoms with E-state index in [1.165, 1.54) is 0 Å². The van der Waals surface area contributed by atoms with Crippen LogP contribution in [0.2, 0.25) is 10.0 Å². The van der Waals surface area contributed by atoms with Crippen LogP contribution in [0.1, 0.15) is 35.4 Å². The Hall–Kier alpha value is -2.37. The molecule has 5 nitrogen and oxygen atoms in total. The third-order valence-corrected chi connectivity index (χ3v) is 9.75. The highest BCUT2D eigenvalue weighted by atomic mass is 79.9. The van der Waals surface area contributed by atoms with E-state index in [9.17, 15) is 21.6 Å². The molecule has 0 spiro atoms. The zero-order valence-electron chi connectivity index (χ0n) is 20.8. The number of hydrogen-bond acceptors (Lipinski definition) is 4. The Balaban J connectivity index is 1.49.